The van der Waals surface area contributed by atoms with E-state index in [1.165, 1.54) is 5.92 Å². The third-order valence-electron chi connectivity index (χ3n) is 2.42. The molecule has 1 aromatic rings. The minimum Gasteiger partial charge on any atom is -0.508 e. The molecule has 0 amide bonds. The summed E-state index contributed by atoms with van der Waals surface area (Å²) in [5.41, 5.74) is 1.14. The largest absolute Gasteiger partial charge is 2.00 e. The van der Waals surface area contributed by atoms with E-state index in [9.17, 15) is 0 Å². The van der Waals surface area contributed by atoms with E-state index >= 15 is 0 Å². The molecular weight excluding hydrogens is 264 g/mol. The number of phenolic OH excluding ortho intramolecular Hbond substituents is 1. The second kappa shape index (κ2) is 8.61. The Labute approximate surface area is 121 Å². The number of rotatable bonds is 1. The monoisotopic (exact) mass is 278 g/mol. The molecule has 10 radical (unpaired) electrons. The van der Waals surface area contributed by atoms with Crippen molar-refractivity contribution in [1.29, 1.82) is 0 Å². The van der Waals surface area contributed by atoms with E-state index in [1.807, 2.05) is 69.9 Å². The first-order valence-electron chi connectivity index (χ1n) is 5.54. The second-order valence-corrected chi connectivity index (χ2v) is 3.68. The summed E-state index contributed by atoms with van der Waals surface area (Å²) in [4.78, 5) is 0. The van der Waals surface area contributed by atoms with Crippen LogP contribution in [0.25, 0.3) is 0 Å². The van der Waals surface area contributed by atoms with Gasteiger partial charge in [-0.3, -0.25) is 0 Å². The fraction of sp³-hybridized carbons (Fsp3) is 0. The molecule has 90 valence electrons. The Hall–Kier alpha value is -0.461. The van der Waals surface area contributed by atoms with E-state index in [0.717, 1.165) is 5.56 Å². The molecule has 1 aromatic carbocycles. The minimum atomic E-state index is 0. The van der Waals surface area contributed by atoms with Crippen LogP contribution in [0.3, 0.4) is 0 Å². The first kappa shape index (κ1) is 15.6. The Balaban J connectivity index is 0.000000230. The van der Waals surface area contributed by atoms with Crippen LogP contribution in [0, 0.1) is 63.7 Å². The summed E-state index contributed by atoms with van der Waals surface area (Å²) in [5.74, 6) is 1.50. The standard InChI is InChI=1S/C11H9O.C5H5.Fe/c12-11-7-5-10(6-8-11)9-3-1-2-4-9;1-2-4-5-3-1;/h1-8,12H;1-5H;/q;;+2. The van der Waals surface area contributed by atoms with Gasteiger partial charge in [-0.05, 0) is 75.5 Å². The number of aromatic hydroxyl groups is 1. The van der Waals surface area contributed by atoms with Gasteiger partial charge >= 0.3 is 17.1 Å². The predicted molar refractivity (Wildman–Crippen MR) is 69.2 cm³/mol. The maximum atomic E-state index is 9.05. The van der Waals surface area contributed by atoms with Gasteiger partial charge in [0, 0.05) is 5.92 Å². The van der Waals surface area contributed by atoms with Gasteiger partial charge in [-0.1, -0.05) is 12.1 Å². The van der Waals surface area contributed by atoms with E-state index in [4.69, 9.17) is 5.11 Å². The molecule has 1 N–H and O–H groups in total. The van der Waals surface area contributed by atoms with E-state index < -0.39 is 0 Å². The van der Waals surface area contributed by atoms with Gasteiger partial charge in [0.1, 0.15) is 5.75 Å². The Morgan fingerprint density at radius 3 is 1.50 bits per heavy atom. The van der Waals surface area contributed by atoms with Crippen molar-refractivity contribution in [3.05, 3.63) is 93.5 Å². The van der Waals surface area contributed by atoms with Crippen molar-refractivity contribution < 1.29 is 22.2 Å². The summed E-state index contributed by atoms with van der Waals surface area (Å²) in [7, 11) is 0. The molecule has 0 atom stereocenters. The van der Waals surface area contributed by atoms with Crippen LogP contribution in [-0.4, -0.2) is 5.11 Å². The van der Waals surface area contributed by atoms with E-state index in [1.54, 1.807) is 12.1 Å². The molecule has 3 rings (SSSR count). The fourth-order valence-corrected chi connectivity index (χ4v) is 1.54. The van der Waals surface area contributed by atoms with Gasteiger partial charge in [-0.2, -0.15) is 0 Å². The van der Waals surface area contributed by atoms with Crippen molar-refractivity contribution in [1.82, 2.24) is 0 Å². The third-order valence-corrected chi connectivity index (χ3v) is 2.42. The van der Waals surface area contributed by atoms with E-state index in [0.29, 0.717) is 5.75 Å². The smallest absolute Gasteiger partial charge is 0.508 e. The zero-order valence-corrected chi connectivity index (χ0v) is 10.9. The Morgan fingerprint density at radius 2 is 1.06 bits per heavy atom. The third kappa shape index (κ3) is 5.04. The van der Waals surface area contributed by atoms with Crippen molar-refractivity contribution in [2.24, 2.45) is 0 Å². The molecule has 2 saturated carbocycles. The molecule has 2 fully saturated rings. The Kier molecular flexibility index (Phi) is 7.46. The van der Waals surface area contributed by atoms with E-state index in [-0.39, 0.29) is 17.1 Å². The van der Waals surface area contributed by atoms with E-state index in [2.05, 4.69) is 0 Å². The molecule has 0 heterocycles. The van der Waals surface area contributed by atoms with Crippen LogP contribution in [0.1, 0.15) is 5.56 Å². The topological polar surface area (TPSA) is 20.2 Å². The average molecular weight is 278 g/mol. The van der Waals surface area contributed by atoms with Gasteiger partial charge in [0.2, 0.25) is 0 Å². The van der Waals surface area contributed by atoms with Crippen LogP contribution in [0.4, 0.5) is 0 Å². The first-order chi connectivity index (χ1) is 8.36. The van der Waals surface area contributed by atoms with Gasteiger partial charge in [0.15, 0.2) is 0 Å². The second-order valence-electron chi connectivity index (χ2n) is 3.68. The summed E-state index contributed by atoms with van der Waals surface area (Å²) < 4.78 is 0. The van der Waals surface area contributed by atoms with Gasteiger partial charge in [-0.15, -0.1) is 0 Å². The molecule has 1 nitrogen and oxygen atoms in total. The number of hydrogen-bond acceptors (Lipinski definition) is 1. The van der Waals surface area contributed by atoms with Gasteiger partial charge in [0.05, 0.1) is 0 Å². The first-order valence-corrected chi connectivity index (χ1v) is 5.54. The molecule has 2 aliphatic rings. The zero-order chi connectivity index (χ0) is 11.9. The van der Waals surface area contributed by atoms with Crippen molar-refractivity contribution in [2.45, 2.75) is 0 Å². The fourth-order valence-electron chi connectivity index (χ4n) is 1.54. The normalized spacial score (nSPS) is 18.9. The van der Waals surface area contributed by atoms with Gasteiger partial charge < -0.3 is 5.11 Å². The van der Waals surface area contributed by atoms with Crippen LogP contribution in [-0.2, 0) is 17.1 Å². The maximum Gasteiger partial charge on any atom is 2.00 e. The molecule has 0 saturated heterocycles. The Morgan fingerprint density at radius 1 is 0.611 bits per heavy atom. The zero-order valence-electron chi connectivity index (χ0n) is 9.81. The molecule has 2 heteroatoms. The van der Waals surface area contributed by atoms with Gasteiger partial charge in [0.25, 0.3) is 0 Å². The van der Waals surface area contributed by atoms with Crippen LogP contribution in [0.15, 0.2) is 24.3 Å². The molecule has 0 unspecified atom stereocenters. The van der Waals surface area contributed by atoms with Crippen molar-refractivity contribution in [3.8, 4) is 5.75 Å². The summed E-state index contributed by atoms with van der Waals surface area (Å²) in [5, 5.41) is 9.05. The van der Waals surface area contributed by atoms with Crippen molar-refractivity contribution in [2.75, 3.05) is 0 Å². The number of benzene rings is 1. The molecule has 0 aromatic heterocycles. The van der Waals surface area contributed by atoms with Crippen molar-refractivity contribution >= 4 is 0 Å². The number of phenols is 1. The molecular formula is C16H14FeO+2. The molecule has 0 aliphatic heterocycles. The van der Waals surface area contributed by atoms with Crippen LogP contribution in [0.5, 0.6) is 5.75 Å². The maximum absolute atomic E-state index is 9.05. The predicted octanol–water partition coefficient (Wildman–Crippen LogP) is 3.16. The summed E-state index contributed by atoms with van der Waals surface area (Å²) >= 11 is 0. The van der Waals surface area contributed by atoms with Crippen LogP contribution in [0.2, 0.25) is 0 Å². The molecule has 0 bridgehead atoms. The average Bonchev–Trinajstić information content (AvgIpc) is 3.06. The molecule has 0 spiro atoms. The quantitative estimate of drug-likeness (QED) is 0.782. The minimum absolute atomic E-state index is 0. The van der Waals surface area contributed by atoms with Crippen LogP contribution < -0.4 is 0 Å². The molecule has 2 aliphatic carbocycles. The SMILES string of the molecule is Oc1ccc([C]2[CH][CH][CH][CH]2)cc1.[CH]1[CH][CH][CH][CH]1.[Fe+2]. The Bertz CT molecular complexity index is 303. The van der Waals surface area contributed by atoms with Crippen LogP contribution >= 0.6 is 0 Å². The van der Waals surface area contributed by atoms with Gasteiger partial charge in [-0.25, -0.2) is 0 Å². The number of hydrogen-bond donors (Lipinski definition) is 1. The van der Waals surface area contributed by atoms with Crippen molar-refractivity contribution in [3.63, 3.8) is 0 Å². The summed E-state index contributed by atoms with van der Waals surface area (Å²) in [6.45, 7) is 0. The molecule has 18 heavy (non-hydrogen) atoms. The summed E-state index contributed by atoms with van der Waals surface area (Å²) in [6.07, 6.45) is 18.1. The summed E-state index contributed by atoms with van der Waals surface area (Å²) in [6, 6.07) is 7.21.